The van der Waals surface area contributed by atoms with Gasteiger partial charge in [-0.3, -0.25) is 0 Å². The van der Waals surface area contributed by atoms with Gasteiger partial charge in [0.2, 0.25) is 0 Å². The lowest BCUT2D eigenvalue weighted by Gasteiger charge is -2.26. The zero-order valence-electron chi connectivity index (χ0n) is 9.25. The van der Waals surface area contributed by atoms with Gasteiger partial charge in [-0.1, -0.05) is 0 Å². The smallest absolute Gasteiger partial charge is 0.315 e. The van der Waals surface area contributed by atoms with Crippen LogP contribution < -0.4 is 10.6 Å². The van der Waals surface area contributed by atoms with Gasteiger partial charge < -0.3 is 20.1 Å². The summed E-state index contributed by atoms with van der Waals surface area (Å²) >= 11 is 0. The molecule has 1 fully saturated rings. The van der Waals surface area contributed by atoms with Gasteiger partial charge in [0, 0.05) is 19.7 Å². The Kier molecular flexibility index (Phi) is 6.11. The Labute approximate surface area is 90.5 Å². The summed E-state index contributed by atoms with van der Waals surface area (Å²) in [5, 5.41) is 5.63. The standard InChI is InChI=1S/C10H20N2O3/c1-14-7-8-15-6-5-11-10(13)12-9-3-2-4-9/h9H,2-8H2,1H3,(H2,11,12,13). The maximum Gasteiger partial charge on any atom is 0.315 e. The van der Waals surface area contributed by atoms with Crippen LogP contribution in [0.15, 0.2) is 0 Å². The molecule has 1 aliphatic carbocycles. The third kappa shape index (κ3) is 5.59. The Bertz CT molecular complexity index is 184. The Hall–Kier alpha value is -0.810. The largest absolute Gasteiger partial charge is 0.382 e. The van der Waals surface area contributed by atoms with E-state index in [1.165, 1.54) is 6.42 Å². The second kappa shape index (κ2) is 7.48. The minimum Gasteiger partial charge on any atom is -0.382 e. The molecule has 1 aliphatic rings. The summed E-state index contributed by atoms with van der Waals surface area (Å²) in [6, 6.07) is 0.300. The third-order valence-electron chi connectivity index (χ3n) is 2.40. The summed E-state index contributed by atoms with van der Waals surface area (Å²) in [5.41, 5.74) is 0. The molecule has 5 heteroatoms. The highest BCUT2D eigenvalue weighted by Gasteiger charge is 2.18. The molecule has 0 saturated heterocycles. The predicted molar refractivity (Wildman–Crippen MR) is 56.9 cm³/mol. The summed E-state index contributed by atoms with van der Waals surface area (Å²) in [7, 11) is 1.63. The van der Waals surface area contributed by atoms with Gasteiger partial charge in [0.15, 0.2) is 0 Å². The lowest BCUT2D eigenvalue weighted by Crippen LogP contribution is -2.45. The van der Waals surface area contributed by atoms with Gasteiger partial charge in [0.25, 0.3) is 0 Å². The quantitative estimate of drug-likeness (QED) is 0.609. The average Bonchev–Trinajstić information content (AvgIpc) is 2.17. The predicted octanol–water partition coefficient (Wildman–Crippen LogP) is 0.501. The molecule has 0 atom stereocenters. The van der Waals surface area contributed by atoms with E-state index >= 15 is 0 Å². The number of rotatable bonds is 7. The molecule has 5 nitrogen and oxygen atoms in total. The Balaban J connectivity index is 1.83. The molecule has 0 bridgehead atoms. The van der Waals surface area contributed by atoms with Crippen LogP contribution in [0, 0.1) is 0 Å². The van der Waals surface area contributed by atoms with Crippen molar-refractivity contribution in [3.8, 4) is 0 Å². The molecule has 0 unspecified atom stereocenters. The van der Waals surface area contributed by atoms with Crippen molar-refractivity contribution in [2.24, 2.45) is 0 Å². The van der Waals surface area contributed by atoms with Crippen LogP contribution in [-0.4, -0.2) is 45.5 Å². The molecule has 1 saturated carbocycles. The van der Waals surface area contributed by atoms with Crippen LogP contribution in [0.1, 0.15) is 19.3 Å². The van der Waals surface area contributed by atoms with E-state index in [9.17, 15) is 4.79 Å². The lowest BCUT2D eigenvalue weighted by molar-refractivity contribution is 0.0726. The van der Waals surface area contributed by atoms with E-state index in [0.717, 1.165) is 12.8 Å². The Morgan fingerprint density at radius 1 is 1.33 bits per heavy atom. The van der Waals surface area contributed by atoms with Crippen molar-refractivity contribution in [2.75, 3.05) is 33.5 Å². The first-order valence-corrected chi connectivity index (χ1v) is 5.44. The number of methoxy groups -OCH3 is 1. The molecular weight excluding hydrogens is 196 g/mol. The molecule has 0 spiro atoms. The number of hydrogen-bond acceptors (Lipinski definition) is 3. The number of ether oxygens (including phenoxy) is 2. The first kappa shape index (κ1) is 12.3. The Morgan fingerprint density at radius 2 is 2.13 bits per heavy atom. The topological polar surface area (TPSA) is 59.6 Å². The maximum absolute atomic E-state index is 11.2. The van der Waals surface area contributed by atoms with Crippen molar-refractivity contribution >= 4 is 6.03 Å². The van der Waals surface area contributed by atoms with Gasteiger partial charge in [-0.05, 0) is 19.3 Å². The minimum atomic E-state index is -0.0879. The van der Waals surface area contributed by atoms with Crippen LogP contribution in [0.2, 0.25) is 0 Å². The van der Waals surface area contributed by atoms with Crippen LogP contribution in [0.25, 0.3) is 0 Å². The van der Waals surface area contributed by atoms with Crippen molar-refractivity contribution in [3.05, 3.63) is 0 Å². The van der Waals surface area contributed by atoms with Crippen LogP contribution in [0.3, 0.4) is 0 Å². The molecule has 1 rings (SSSR count). The van der Waals surface area contributed by atoms with E-state index in [1.807, 2.05) is 0 Å². The van der Waals surface area contributed by atoms with E-state index < -0.39 is 0 Å². The highest BCUT2D eigenvalue weighted by molar-refractivity contribution is 5.74. The van der Waals surface area contributed by atoms with Crippen molar-refractivity contribution in [1.82, 2.24) is 10.6 Å². The summed E-state index contributed by atoms with van der Waals surface area (Å²) in [6.07, 6.45) is 3.45. The lowest BCUT2D eigenvalue weighted by atomic mass is 9.93. The molecule has 0 heterocycles. The molecule has 2 amide bonds. The molecule has 15 heavy (non-hydrogen) atoms. The van der Waals surface area contributed by atoms with E-state index in [0.29, 0.717) is 32.4 Å². The van der Waals surface area contributed by atoms with Gasteiger partial charge in [-0.25, -0.2) is 4.79 Å². The van der Waals surface area contributed by atoms with Crippen molar-refractivity contribution in [3.63, 3.8) is 0 Å². The number of urea groups is 1. The highest BCUT2D eigenvalue weighted by Crippen LogP contribution is 2.17. The summed E-state index contributed by atoms with van der Waals surface area (Å²) < 4.78 is 10.0. The third-order valence-corrected chi connectivity index (χ3v) is 2.40. The normalized spacial score (nSPS) is 15.8. The molecular formula is C10H20N2O3. The first-order valence-electron chi connectivity index (χ1n) is 5.44. The van der Waals surface area contributed by atoms with E-state index in [1.54, 1.807) is 7.11 Å². The van der Waals surface area contributed by atoms with Gasteiger partial charge in [-0.15, -0.1) is 0 Å². The van der Waals surface area contributed by atoms with Crippen molar-refractivity contribution in [1.29, 1.82) is 0 Å². The van der Waals surface area contributed by atoms with Crippen LogP contribution in [-0.2, 0) is 9.47 Å². The molecule has 0 aromatic heterocycles. The molecule has 0 aromatic rings. The fourth-order valence-corrected chi connectivity index (χ4v) is 1.27. The van der Waals surface area contributed by atoms with Gasteiger partial charge in [0.05, 0.1) is 19.8 Å². The van der Waals surface area contributed by atoms with Gasteiger partial charge in [0.1, 0.15) is 0 Å². The molecule has 2 N–H and O–H groups in total. The Morgan fingerprint density at radius 3 is 2.73 bits per heavy atom. The fourth-order valence-electron chi connectivity index (χ4n) is 1.27. The van der Waals surface area contributed by atoms with Crippen LogP contribution in [0.4, 0.5) is 4.79 Å². The summed E-state index contributed by atoms with van der Waals surface area (Å²) in [5.74, 6) is 0. The van der Waals surface area contributed by atoms with Crippen LogP contribution in [0.5, 0.6) is 0 Å². The minimum absolute atomic E-state index is 0.0879. The zero-order chi connectivity index (χ0) is 10.9. The number of amides is 2. The highest BCUT2D eigenvalue weighted by atomic mass is 16.5. The van der Waals surface area contributed by atoms with Crippen molar-refractivity contribution in [2.45, 2.75) is 25.3 Å². The first-order chi connectivity index (χ1) is 7.33. The van der Waals surface area contributed by atoms with E-state index in [-0.39, 0.29) is 6.03 Å². The molecule has 0 aromatic carbocycles. The van der Waals surface area contributed by atoms with Crippen LogP contribution >= 0.6 is 0 Å². The van der Waals surface area contributed by atoms with E-state index in [2.05, 4.69) is 10.6 Å². The maximum atomic E-state index is 11.2. The molecule has 0 radical (unpaired) electrons. The number of carbonyl (C=O) groups is 1. The second-order valence-electron chi connectivity index (χ2n) is 3.63. The van der Waals surface area contributed by atoms with Gasteiger partial charge in [-0.2, -0.15) is 0 Å². The number of nitrogens with one attached hydrogen (secondary N) is 2. The second-order valence-corrected chi connectivity index (χ2v) is 3.63. The fraction of sp³-hybridized carbons (Fsp3) is 0.900. The van der Waals surface area contributed by atoms with Crippen molar-refractivity contribution < 1.29 is 14.3 Å². The molecule has 88 valence electrons. The monoisotopic (exact) mass is 216 g/mol. The zero-order valence-corrected chi connectivity index (χ0v) is 9.25. The summed E-state index contributed by atoms with van der Waals surface area (Å²) in [4.78, 5) is 11.2. The SMILES string of the molecule is COCCOCCNC(=O)NC1CCC1. The number of carbonyl (C=O) groups excluding carboxylic acids is 1. The van der Waals surface area contributed by atoms with Gasteiger partial charge >= 0.3 is 6.03 Å². The average molecular weight is 216 g/mol. The van der Waals surface area contributed by atoms with E-state index in [4.69, 9.17) is 9.47 Å². The summed E-state index contributed by atoms with van der Waals surface area (Å²) in [6.45, 7) is 2.24. The molecule has 0 aliphatic heterocycles. The number of hydrogen-bond donors (Lipinski definition) is 2.